The van der Waals surface area contributed by atoms with E-state index in [2.05, 4.69) is 23.2 Å². The van der Waals surface area contributed by atoms with Crippen molar-refractivity contribution >= 4 is 10.9 Å². The molecule has 3 aromatic rings. The minimum Gasteiger partial charge on any atom is -0.508 e. The van der Waals surface area contributed by atoms with E-state index in [4.69, 9.17) is 0 Å². The van der Waals surface area contributed by atoms with Crippen LogP contribution in [0.25, 0.3) is 22.0 Å². The molecule has 0 saturated heterocycles. The Morgan fingerprint density at radius 3 is 2.62 bits per heavy atom. The van der Waals surface area contributed by atoms with Gasteiger partial charge in [-0.25, -0.2) is 0 Å². The second-order valence-corrected chi connectivity index (χ2v) is 3.83. The third-order valence-electron chi connectivity index (χ3n) is 2.73. The van der Waals surface area contributed by atoms with E-state index in [1.165, 1.54) is 5.39 Å². The van der Waals surface area contributed by atoms with Gasteiger partial charge in [-0.2, -0.15) is 0 Å². The van der Waals surface area contributed by atoms with Crippen molar-refractivity contribution in [2.75, 3.05) is 0 Å². The van der Waals surface area contributed by atoms with E-state index >= 15 is 0 Å². The normalized spacial score (nSPS) is 10.8. The summed E-state index contributed by atoms with van der Waals surface area (Å²) in [7, 11) is 0. The molecular formula is C14H11NO. The Hall–Kier alpha value is -2.22. The molecule has 0 amide bonds. The zero-order valence-corrected chi connectivity index (χ0v) is 8.64. The van der Waals surface area contributed by atoms with Crippen LogP contribution in [0.3, 0.4) is 0 Å². The number of hydrogen-bond donors (Lipinski definition) is 2. The fraction of sp³-hybridized carbons (Fsp3) is 0. The van der Waals surface area contributed by atoms with Crippen LogP contribution in [0, 0.1) is 0 Å². The molecule has 78 valence electrons. The second-order valence-electron chi connectivity index (χ2n) is 3.83. The van der Waals surface area contributed by atoms with Crippen LogP contribution >= 0.6 is 0 Å². The van der Waals surface area contributed by atoms with Crippen LogP contribution in [0.2, 0.25) is 0 Å². The van der Waals surface area contributed by atoms with Gasteiger partial charge in [0.05, 0.1) is 0 Å². The molecule has 0 unspecified atom stereocenters. The number of aromatic nitrogens is 1. The molecule has 0 bridgehead atoms. The van der Waals surface area contributed by atoms with Crippen molar-refractivity contribution in [3.05, 3.63) is 54.7 Å². The van der Waals surface area contributed by atoms with Gasteiger partial charge in [-0.1, -0.05) is 24.3 Å². The molecule has 0 spiro atoms. The smallest absolute Gasteiger partial charge is 0.116 e. The molecule has 0 saturated carbocycles. The maximum absolute atomic E-state index is 9.44. The van der Waals surface area contributed by atoms with Crippen LogP contribution in [-0.2, 0) is 0 Å². The van der Waals surface area contributed by atoms with Crippen molar-refractivity contribution in [3.8, 4) is 16.9 Å². The zero-order valence-electron chi connectivity index (χ0n) is 8.64. The Labute approximate surface area is 93.2 Å². The van der Waals surface area contributed by atoms with Gasteiger partial charge in [0, 0.05) is 11.7 Å². The second kappa shape index (κ2) is 3.42. The molecule has 0 aliphatic heterocycles. The summed E-state index contributed by atoms with van der Waals surface area (Å²) in [5.41, 5.74) is 3.24. The lowest BCUT2D eigenvalue weighted by atomic mass is 10.0. The molecule has 0 fully saturated rings. The summed E-state index contributed by atoms with van der Waals surface area (Å²) in [4.78, 5) is 3.18. The standard InChI is InChI=1S/C14H11NO/c16-13-3-1-2-11(8-13)12-5-4-10-6-7-15-14(10)9-12/h1-9,15-16H. The first-order chi connectivity index (χ1) is 7.83. The highest BCUT2D eigenvalue weighted by molar-refractivity contribution is 5.84. The fourth-order valence-electron chi connectivity index (χ4n) is 1.91. The summed E-state index contributed by atoms with van der Waals surface area (Å²) in [6, 6.07) is 15.6. The van der Waals surface area contributed by atoms with Crippen molar-refractivity contribution < 1.29 is 5.11 Å². The number of phenolic OH excluding ortho intramolecular Hbond substituents is 1. The van der Waals surface area contributed by atoms with Crippen molar-refractivity contribution in [2.45, 2.75) is 0 Å². The predicted octanol–water partition coefficient (Wildman–Crippen LogP) is 3.54. The quantitative estimate of drug-likeness (QED) is 0.631. The van der Waals surface area contributed by atoms with E-state index in [-0.39, 0.29) is 0 Å². The van der Waals surface area contributed by atoms with Gasteiger partial charge in [-0.15, -0.1) is 0 Å². The maximum atomic E-state index is 9.44. The number of aromatic amines is 1. The number of hydrogen-bond acceptors (Lipinski definition) is 1. The van der Waals surface area contributed by atoms with Crippen molar-refractivity contribution in [1.82, 2.24) is 4.98 Å². The van der Waals surface area contributed by atoms with Crippen molar-refractivity contribution in [1.29, 1.82) is 0 Å². The molecule has 0 atom stereocenters. The summed E-state index contributed by atoms with van der Waals surface area (Å²) >= 11 is 0. The first kappa shape index (κ1) is 9.04. The van der Waals surface area contributed by atoms with Gasteiger partial charge in [0.15, 0.2) is 0 Å². The Kier molecular flexibility index (Phi) is 1.93. The number of H-pyrrole nitrogens is 1. The van der Waals surface area contributed by atoms with Crippen LogP contribution in [0.5, 0.6) is 5.75 Å². The molecule has 1 aromatic heterocycles. The van der Waals surface area contributed by atoms with Crippen LogP contribution in [0.15, 0.2) is 54.7 Å². The fourth-order valence-corrected chi connectivity index (χ4v) is 1.91. The van der Waals surface area contributed by atoms with E-state index in [9.17, 15) is 5.11 Å². The Balaban J connectivity index is 2.18. The van der Waals surface area contributed by atoms with Gasteiger partial charge in [-0.05, 0) is 40.8 Å². The molecule has 16 heavy (non-hydrogen) atoms. The Bertz CT molecular complexity index is 640. The average molecular weight is 209 g/mol. The number of aromatic hydroxyl groups is 1. The molecule has 2 nitrogen and oxygen atoms in total. The summed E-state index contributed by atoms with van der Waals surface area (Å²) in [6.45, 7) is 0. The summed E-state index contributed by atoms with van der Waals surface area (Å²) < 4.78 is 0. The van der Waals surface area contributed by atoms with Gasteiger partial charge in [0.25, 0.3) is 0 Å². The lowest BCUT2D eigenvalue weighted by molar-refractivity contribution is 0.475. The van der Waals surface area contributed by atoms with Gasteiger partial charge in [0.2, 0.25) is 0 Å². The number of fused-ring (bicyclic) bond motifs is 1. The van der Waals surface area contributed by atoms with E-state index in [0.717, 1.165) is 16.6 Å². The van der Waals surface area contributed by atoms with E-state index in [0.29, 0.717) is 5.75 Å². The number of benzene rings is 2. The van der Waals surface area contributed by atoms with Gasteiger partial charge >= 0.3 is 0 Å². The lowest BCUT2D eigenvalue weighted by Gasteiger charge is -2.02. The van der Waals surface area contributed by atoms with Crippen LogP contribution in [-0.4, -0.2) is 10.1 Å². The highest BCUT2D eigenvalue weighted by Gasteiger charge is 2.00. The van der Waals surface area contributed by atoms with Gasteiger partial charge < -0.3 is 10.1 Å². The largest absolute Gasteiger partial charge is 0.508 e. The third-order valence-corrected chi connectivity index (χ3v) is 2.73. The SMILES string of the molecule is Oc1cccc(-c2ccc3cc[nH]c3c2)c1. The van der Waals surface area contributed by atoms with Crippen LogP contribution in [0.1, 0.15) is 0 Å². The van der Waals surface area contributed by atoms with E-state index < -0.39 is 0 Å². The average Bonchev–Trinajstić information content (AvgIpc) is 2.75. The molecule has 0 radical (unpaired) electrons. The van der Waals surface area contributed by atoms with Gasteiger partial charge in [0.1, 0.15) is 5.75 Å². The summed E-state index contributed by atoms with van der Waals surface area (Å²) in [6.07, 6.45) is 1.93. The topological polar surface area (TPSA) is 36.0 Å². The molecule has 2 heteroatoms. The van der Waals surface area contributed by atoms with Crippen LogP contribution < -0.4 is 0 Å². The number of phenols is 1. The number of rotatable bonds is 1. The first-order valence-electron chi connectivity index (χ1n) is 5.19. The molecule has 2 N–H and O–H groups in total. The number of nitrogens with one attached hydrogen (secondary N) is 1. The highest BCUT2D eigenvalue weighted by Crippen LogP contribution is 2.26. The summed E-state index contributed by atoms with van der Waals surface area (Å²) in [5, 5.41) is 10.6. The Morgan fingerprint density at radius 2 is 1.75 bits per heavy atom. The lowest BCUT2D eigenvalue weighted by Crippen LogP contribution is -1.77. The Morgan fingerprint density at radius 1 is 0.875 bits per heavy atom. The predicted molar refractivity (Wildman–Crippen MR) is 65.4 cm³/mol. The maximum Gasteiger partial charge on any atom is 0.116 e. The zero-order chi connectivity index (χ0) is 11.0. The monoisotopic (exact) mass is 209 g/mol. The van der Waals surface area contributed by atoms with E-state index in [1.54, 1.807) is 12.1 Å². The van der Waals surface area contributed by atoms with Gasteiger partial charge in [-0.3, -0.25) is 0 Å². The minimum absolute atomic E-state index is 0.295. The molecule has 3 rings (SSSR count). The van der Waals surface area contributed by atoms with E-state index in [1.807, 2.05) is 24.4 Å². The molecule has 0 aliphatic rings. The highest BCUT2D eigenvalue weighted by atomic mass is 16.3. The minimum atomic E-state index is 0.295. The first-order valence-corrected chi connectivity index (χ1v) is 5.19. The molecule has 0 aliphatic carbocycles. The molecule has 1 heterocycles. The summed E-state index contributed by atoms with van der Waals surface area (Å²) in [5.74, 6) is 0.295. The third kappa shape index (κ3) is 1.44. The van der Waals surface area contributed by atoms with Crippen molar-refractivity contribution in [3.63, 3.8) is 0 Å². The van der Waals surface area contributed by atoms with Crippen LogP contribution in [0.4, 0.5) is 0 Å². The molecular weight excluding hydrogens is 198 g/mol. The van der Waals surface area contributed by atoms with Crippen molar-refractivity contribution in [2.24, 2.45) is 0 Å². The molecule has 2 aromatic carbocycles.